The summed E-state index contributed by atoms with van der Waals surface area (Å²) in [6.45, 7) is 2.37. The topological polar surface area (TPSA) is 0 Å². The van der Waals surface area contributed by atoms with Crippen molar-refractivity contribution in [3.05, 3.63) is 23.3 Å². The van der Waals surface area contributed by atoms with E-state index in [4.69, 9.17) is 0 Å². The summed E-state index contributed by atoms with van der Waals surface area (Å²) in [6.07, 6.45) is 8.33. The van der Waals surface area contributed by atoms with Gasteiger partial charge < -0.3 is 0 Å². The predicted molar refractivity (Wildman–Crippen MR) is 53.9 cm³/mol. The van der Waals surface area contributed by atoms with Gasteiger partial charge in [-0.1, -0.05) is 42.1 Å². The Kier molecular flexibility index (Phi) is 1.44. The lowest BCUT2D eigenvalue weighted by atomic mass is 9.74. The van der Waals surface area contributed by atoms with Crippen LogP contribution in [-0.2, 0) is 0 Å². The highest BCUT2D eigenvalue weighted by Gasteiger charge is 2.34. The second-order valence-corrected chi connectivity index (χ2v) is 4.43. The van der Waals surface area contributed by atoms with Crippen molar-refractivity contribution in [1.82, 2.24) is 0 Å². The van der Waals surface area contributed by atoms with Gasteiger partial charge in [0.25, 0.3) is 0 Å². The minimum Gasteiger partial charge on any atom is -0.0982 e. The minimum atomic E-state index is 0.563. The van der Waals surface area contributed by atoms with Gasteiger partial charge in [0.2, 0.25) is 0 Å². The van der Waals surface area contributed by atoms with Gasteiger partial charge in [0.05, 0.1) is 0 Å². The lowest BCUT2D eigenvalue weighted by Gasteiger charge is -2.29. The minimum absolute atomic E-state index is 0.563. The zero-order chi connectivity index (χ0) is 8.84. The van der Waals surface area contributed by atoms with Crippen LogP contribution in [0.2, 0.25) is 0 Å². The Hall–Kier alpha value is -0.960. The lowest BCUT2D eigenvalue weighted by Crippen LogP contribution is -2.21. The molecule has 0 aromatic heterocycles. The van der Waals surface area contributed by atoms with Crippen molar-refractivity contribution in [3.63, 3.8) is 0 Å². The summed E-state index contributed by atoms with van der Waals surface area (Å²) in [7, 11) is 0. The second-order valence-electron chi connectivity index (χ2n) is 4.43. The average molecular weight is 170 g/mol. The Morgan fingerprint density at radius 3 is 3.08 bits per heavy atom. The number of allylic oxidation sites excluding steroid dienone is 4. The normalized spacial score (nSPS) is 39.9. The monoisotopic (exact) mass is 170 g/mol. The van der Waals surface area contributed by atoms with Crippen LogP contribution in [0.3, 0.4) is 0 Å². The number of hydrogen-bond donors (Lipinski definition) is 0. The Morgan fingerprint density at radius 2 is 2.31 bits per heavy atom. The van der Waals surface area contributed by atoms with Gasteiger partial charge in [-0.3, -0.25) is 0 Å². The average Bonchev–Trinajstić information content (AvgIpc) is 2.35. The molecule has 0 spiro atoms. The number of rotatable bonds is 0. The molecule has 0 aliphatic heterocycles. The van der Waals surface area contributed by atoms with Crippen LogP contribution in [0.25, 0.3) is 0 Å². The van der Waals surface area contributed by atoms with Gasteiger partial charge in [-0.2, -0.15) is 0 Å². The van der Waals surface area contributed by atoms with Crippen molar-refractivity contribution >= 4 is 0 Å². The predicted octanol–water partition coefficient (Wildman–Crippen LogP) is 2.92. The van der Waals surface area contributed by atoms with E-state index in [1.54, 1.807) is 11.1 Å². The SMILES string of the molecule is CC1CCC2=C1C1C=CC1C#CC2. The molecular weight excluding hydrogens is 156 g/mol. The first kappa shape index (κ1) is 7.44. The molecule has 0 heterocycles. The van der Waals surface area contributed by atoms with E-state index < -0.39 is 0 Å². The number of hydrogen-bond acceptors (Lipinski definition) is 0. The van der Waals surface area contributed by atoms with Crippen LogP contribution >= 0.6 is 0 Å². The van der Waals surface area contributed by atoms with Gasteiger partial charge in [-0.15, -0.1) is 0 Å². The standard InChI is InChI=1S/C13H14/c1-9-5-6-11-4-2-3-10-7-8-12(10)13(9)11/h7-10,12H,4-6H2,1H3. The molecule has 0 N–H and O–H groups in total. The third-order valence-corrected chi connectivity index (χ3v) is 3.66. The van der Waals surface area contributed by atoms with Crippen LogP contribution in [0.5, 0.6) is 0 Å². The first-order valence-corrected chi connectivity index (χ1v) is 5.25. The van der Waals surface area contributed by atoms with Crippen LogP contribution in [0, 0.1) is 29.6 Å². The summed E-state index contributed by atoms with van der Waals surface area (Å²) >= 11 is 0. The first-order valence-electron chi connectivity index (χ1n) is 5.25. The van der Waals surface area contributed by atoms with Crippen LogP contribution in [0.15, 0.2) is 23.3 Å². The Balaban J connectivity index is 2.06. The third-order valence-electron chi connectivity index (χ3n) is 3.66. The highest BCUT2D eigenvalue weighted by molar-refractivity contribution is 5.41. The van der Waals surface area contributed by atoms with E-state index >= 15 is 0 Å². The highest BCUT2D eigenvalue weighted by Crippen LogP contribution is 2.45. The molecule has 0 bridgehead atoms. The number of fused-ring (bicyclic) bond motifs is 2. The molecular formula is C13H14. The Bertz CT molecular complexity index is 359. The van der Waals surface area contributed by atoms with Crippen LogP contribution in [-0.4, -0.2) is 0 Å². The molecule has 0 nitrogen and oxygen atoms in total. The van der Waals surface area contributed by atoms with Gasteiger partial charge in [-0.25, -0.2) is 0 Å². The summed E-state index contributed by atoms with van der Waals surface area (Å²) in [5.41, 5.74) is 3.39. The van der Waals surface area contributed by atoms with E-state index in [0.717, 1.165) is 12.3 Å². The molecule has 3 aliphatic rings. The fourth-order valence-electron chi connectivity index (χ4n) is 2.84. The summed E-state index contributed by atoms with van der Waals surface area (Å²) < 4.78 is 0. The van der Waals surface area contributed by atoms with E-state index in [1.165, 1.54) is 12.8 Å². The Morgan fingerprint density at radius 1 is 1.38 bits per heavy atom. The molecule has 3 atom stereocenters. The summed E-state index contributed by atoms with van der Waals surface area (Å²) in [6, 6.07) is 0. The molecule has 13 heavy (non-hydrogen) atoms. The van der Waals surface area contributed by atoms with E-state index in [9.17, 15) is 0 Å². The zero-order valence-electron chi connectivity index (χ0n) is 8.01. The van der Waals surface area contributed by atoms with Gasteiger partial charge in [0.15, 0.2) is 0 Å². The molecule has 0 aromatic rings. The van der Waals surface area contributed by atoms with Crippen molar-refractivity contribution in [2.24, 2.45) is 17.8 Å². The summed E-state index contributed by atoms with van der Waals surface area (Å²) in [4.78, 5) is 0. The quantitative estimate of drug-likeness (QED) is 0.387. The summed E-state index contributed by atoms with van der Waals surface area (Å²) in [5, 5.41) is 0. The molecule has 0 aromatic carbocycles. The molecule has 0 saturated heterocycles. The first-order chi connectivity index (χ1) is 6.36. The highest BCUT2D eigenvalue weighted by atomic mass is 14.4. The van der Waals surface area contributed by atoms with Gasteiger partial charge in [0.1, 0.15) is 0 Å². The lowest BCUT2D eigenvalue weighted by molar-refractivity contribution is 0.520. The molecule has 0 heteroatoms. The fraction of sp³-hybridized carbons (Fsp3) is 0.538. The van der Waals surface area contributed by atoms with Crippen LogP contribution < -0.4 is 0 Å². The molecule has 0 fully saturated rings. The van der Waals surface area contributed by atoms with Crippen molar-refractivity contribution in [2.45, 2.75) is 26.2 Å². The second kappa shape index (κ2) is 2.51. The molecule has 0 saturated carbocycles. The van der Waals surface area contributed by atoms with Crippen LogP contribution in [0.1, 0.15) is 26.2 Å². The van der Waals surface area contributed by atoms with Gasteiger partial charge in [-0.05, 0) is 18.8 Å². The maximum atomic E-state index is 3.35. The maximum Gasteiger partial charge on any atom is 0.0483 e. The summed E-state index contributed by atoms with van der Waals surface area (Å²) in [5.74, 6) is 8.74. The molecule has 0 radical (unpaired) electrons. The Labute approximate surface area is 79.7 Å². The molecule has 3 aliphatic carbocycles. The van der Waals surface area contributed by atoms with Gasteiger partial charge >= 0.3 is 0 Å². The van der Waals surface area contributed by atoms with E-state index in [-0.39, 0.29) is 0 Å². The van der Waals surface area contributed by atoms with Crippen molar-refractivity contribution in [1.29, 1.82) is 0 Å². The third kappa shape index (κ3) is 0.936. The van der Waals surface area contributed by atoms with E-state index in [0.29, 0.717) is 11.8 Å². The molecule has 3 unspecified atom stereocenters. The van der Waals surface area contributed by atoms with Crippen LogP contribution in [0.4, 0.5) is 0 Å². The molecule has 0 amide bonds. The zero-order valence-corrected chi connectivity index (χ0v) is 8.01. The maximum absolute atomic E-state index is 3.35. The molecule has 66 valence electrons. The van der Waals surface area contributed by atoms with Crippen molar-refractivity contribution in [2.75, 3.05) is 0 Å². The van der Waals surface area contributed by atoms with E-state index in [1.807, 2.05) is 0 Å². The van der Waals surface area contributed by atoms with Gasteiger partial charge in [0, 0.05) is 18.3 Å². The largest absolute Gasteiger partial charge is 0.0982 e. The van der Waals surface area contributed by atoms with Crippen molar-refractivity contribution in [3.8, 4) is 11.8 Å². The fourth-order valence-corrected chi connectivity index (χ4v) is 2.84. The van der Waals surface area contributed by atoms with E-state index in [2.05, 4.69) is 30.9 Å². The molecule has 3 rings (SSSR count). The van der Waals surface area contributed by atoms with Crippen molar-refractivity contribution < 1.29 is 0 Å². The smallest absolute Gasteiger partial charge is 0.0483 e.